The summed E-state index contributed by atoms with van der Waals surface area (Å²) in [6.45, 7) is 1.43. The van der Waals surface area contributed by atoms with Gasteiger partial charge in [0, 0.05) is 42.3 Å². The van der Waals surface area contributed by atoms with E-state index in [0.717, 1.165) is 11.1 Å². The minimum absolute atomic E-state index is 0.0925. The molecule has 0 atom stereocenters. The molecule has 0 aliphatic carbocycles. The van der Waals surface area contributed by atoms with Gasteiger partial charge in [-0.2, -0.15) is 0 Å². The molecule has 3 N–H and O–H groups in total. The monoisotopic (exact) mass is 398 g/mol. The summed E-state index contributed by atoms with van der Waals surface area (Å²) in [5, 5.41) is 3.10. The highest BCUT2D eigenvalue weighted by atomic mass is 16.2. The lowest BCUT2D eigenvalue weighted by atomic mass is 10.0. The zero-order chi connectivity index (χ0) is 21.3. The molecule has 0 unspecified atom stereocenters. The van der Waals surface area contributed by atoms with Crippen molar-refractivity contribution in [2.75, 3.05) is 5.32 Å². The summed E-state index contributed by atoms with van der Waals surface area (Å²) < 4.78 is 1.75. The Hall–Kier alpha value is -4.26. The minimum Gasteiger partial charge on any atom is -0.365 e. The van der Waals surface area contributed by atoms with Crippen LogP contribution < -0.4 is 16.5 Å². The Morgan fingerprint density at radius 1 is 0.967 bits per heavy atom. The number of amides is 2. The minimum atomic E-state index is -0.788. The quantitative estimate of drug-likeness (QED) is 0.551. The molecule has 4 rings (SSSR count). The van der Waals surface area contributed by atoms with Crippen molar-refractivity contribution >= 4 is 28.4 Å². The van der Waals surface area contributed by atoms with Crippen molar-refractivity contribution < 1.29 is 9.59 Å². The number of hydrogen-bond acceptors (Lipinski definition) is 4. The molecule has 2 amide bonds. The molecule has 0 fully saturated rings. The summed E-state index contributed by atoms with van der Waals surface area (Å²) in [5.74, 6) is -0.960. The molecule has 0 spiro atoms. The molecular weight excluding hydrogens is 380 g/mol. The van der Waals surface area contributed by atoms with Crippen LogP contribution in [0.5, 0.6) is 0 Å². The summed E-state index contributed by atoms with van der Waals surface area (Å²) in [4.78, 5) is 40.0. The van der Waals surface area contributed by atoms with Gasteiger partial charge in [-0.3, -0.25) is 19.4 Å². The van der Waals surface area contributed by atoms with Gasteiger partial charge in [-0.25, -0.2) is 0 Å². The number of anilines is 1. The molecule has 30 heavy (non-hydrogen) atoms. The fourth-order valence-electron chi connectivity index (χ4n) is 3.35. The number of rotatable bonds is 4. The number of hydrogen-bond donors (Lipinski definition) is 2. The molecule has 0 radical (unpaired) electrons. The van der Waals surface area contributed by atoms with E-state index in [2.05, 4.69) is 10.3 Å². The highest BCUT2D eigenvalue weighted by Gasteiger charge is 2.15. The molecule has 0 aliphatic rings. The third-order valence-corrected chi connectivity index (χ3v) is 4.75. The first kappa shape index (κ1) is 19.1. The van der Waals surface area contributed by atoms with E-state index in [1.807, 2.05) is 24.3 Å². The van der Waals surface area contributed by atoms with E-state index in [4.69, 9.17) is 5.73 Å². The number of nitrogens with zero attached hydrogens (tertiary/aromatic N) is 2. The smallest absolute Gasteiger partial charge is 0.254 e. The summed E-state index contributed by atoms with van der Waals surface area (Å²) in [5.41, 5.74) is 8.78. The summed E-state index contributed by atoms with van der Waals surface area (Å²) in [7, 11) is 0. The average molecular weight is 398 g/mol. The Morgan fingerprint density at radius 3 is 2.30 bits per heavy atom. The van der Waals surface area contributed by atoms with Crippen LogP contribution in [0.25, 0.3) is 27.7 Å². The Balaban J connectivity index is 1.96. The van der Waals surface area contributed by atoms with E-state index in [-0.39, 0.29) is 11.5 Å². The van der Waals surface area contributed by atoms with E-state index in [0.29, 0.717) is 22.3 Å². The van der Waals surface area contributed by atoms with Gasteiger partial charge in [0.1, 0.15) is 5.56 Å². The van der Waals surface area contributed by atoms with Crippen molar-refractivity contribution in [3.05, 3.63) is 89.0 Å². The maximum absolute atomic E-state index is 12.8. The molecule has 7 heteroatoms. The van der Waals surface area contributed by atoms with Gasteiger partial charge in [0.05, 0.1) is 5.52 Å². The number of carbonyl (C=O) groups excluding carboxylic acids is 2. The van der Waals surface area contributed by atoms with Crippen LogP contribution in [0.3, 0.4) is 0 Å². The molecule has 0 bridgehead atoms. The second kappa shape index (κ2) is 7.63. The number of nitrogens with two attached hydrogens (primary N) is 1. The van der Waals surface area contributed by atoms with E-state index in [9.17, 15) is 14.4 Å². The van der Waals surface area contributed by atoms with Crippen molar-refractivity contribution in [3.8, 4) is 16.8 Å². The predicted octanol–water partition coefficient (Wildman–Crippen LogP) is 3.11. The van der Waals surface area contributed by atoms with E-state index in [1.165, 1.54) is 13.1 Å². The SMILES string of the molecule is CC(=O)Nc1ccc(-n2cc(C(N)=O)c(=O)c3ccc(-c4ccncc4)cc32)cc1. The highest BCUT2D eigenvalue weighted by Crippen LogP contribution is 2.25. The molecule has 0 saturated carbocycles. The first-order chi connectivity index (χ1) is 14.4. The van der Waals surface area contributed by atoms with Crippen LogP contribution >= 0.6 is 0 Å². The lowest BCUT2D eigenvalue weighted by Gasteiger charge is -2.15. The van der Waals surface area contributed by atoms with Crippen molar-refractivity contribution in [2.24, 2.45) is 5.73 Å². The van der Waals surface area contributed by atoms with Crippen LogP contribution in [0.15, 0.2) is 78.0 Å². The number of carbonyl (C=O) groups is 2. The van der Waals surface area contributed by atoms with Crippen LogP contribution in [0.1, 0.15) is 17.3 Å². The summed E-state index contributed by atoms with van der Waals surface area (Å²) >= 11 is 0. The molecule has 2 heterocycles. The van der Waals surface area contributed by atoms with Crippen molar-refractivity contribution in [1.29, 1.82) is 0 Å². The molecule has 7 nitrogen and oxygen atoms in total. The second-order valence-corrected chi connectivity index (χ2v) is 6.80. The number of aromatic nitrogens is 2. The third-order valence-electron chi connectivity index (χ3n) is 4.75. The van der Waals surface area contributed by atoms with Crippen LogP contribution in [0, 0.1) is 0 Å². The Labute approximate surface area is 171 Å². The number of fused-ring (bicyclic) bond motifs is 1. The molecule has 148 valence electrons. The van der Waals surface area contributed by atoms with Crippen LogP contribution in [0.4, 0.5) is 5.69 Å². The van der Waals surface area contributed by atoms with Gasteiger partial charge in [0.25, 0.3) is 5.91 Å². The summed E-state index contributed by atoms with van der Waals surface area (Å²) in [6.07, 6.45) is 4.85. The largest absolute Gasteiger partial charge is 0.365 e. The van der Waals surface area contributed by atoms with E-state index in [1.54, 1.807) is 47.3 Å². The second-order valence-electron chi connectivity index (χ2n) is 6.80. The molecule has 4 aromatic rings. The fourth-order valence-corrected chi connectivity index (χ4v) is 3.35. The molecular formula is C23H18N4O3. The van der Waals surface area contributed by atoms with Gasteiger partial charge in [0.2, 0.25) is 11.3 Å². The van der Waals surface area contributed by atoms with Crippen LogP contribution in [-0.2, 0) is 4.79 Å². The Morgan fingerprint density at radius 2 is 1.67 bits per heavy atom. The topological polar surface area (TPSA) is 107 Å². The summed E-state index contributed by atoms with van der Waals surface area (Å²) in [6, 6.07) is 16.2. The molecule has 2 aromatic carbocycles. The van der Waals surface area contributed by atoms with Crippen LogP contribution in [0.2, 0.25) is 0 Å². The number of pyridine rings is 2. The predicted molar refractivity (Wildman–Crippen MR) is 116 cm³/mol. The van der Waals surface area contributed by atoms with E-state index >= 15 is 0 Å². The average Bonchev–Trinajstić information content (AvgIpc) is 2.74. The zero-order valence-corrected chi connectivity index (χ0v) is 16.1. The van der Waals surface area contributed by atoms with Gasteiger partial charge in [-0.05, 0) is 59.7 Å². The maximum Gasteiger partial charge on any atom is 0.254 e. The maximum atomic E-state index is 12.8. The zero-order valence-electron chi connectivity index (χ0n) is 16.1. The first-order valence-electron chi connectivity index (χ1n) is 9.21. The Bertz CT molecular complexity index is 1330. The normalized spacial score (nSPS) is 10.7. The number of primary amides is 1. The van der Waals surface area contributed by atoms with Gasteiger partial charge in [-0.15, -0.1) is 0 Å². The molecule has 2 aromatic heterocycles. The van der Waals surface area contributed by atoms with Gasteiger partial charge >= 0.3 is 0 Å². The van der Waals surface area contributed by atoms with Crippen LogP contribution in [-0.4, -0.2) is 21.4 Å². The van der Waals surface area contributed by atoms with Gasteiger partial charge in [0.15, 0.2) is 0 Å². The lowest BCUT2D eigenvalue weighted by molar-refractivity contribution is -0.114. The Kier molecular flexibility index (Phi) is 4.85. The van der Waals surface area contributed by atoms with Gasteiger partial charge in [-0.1, -0.05) is 6.07 Å². The van der Waals surface area contributed by atoms with Crippen molar-refractivity contribution in [1.82, 2.24) is 9.55 Å². The first-order valence-corrected chi connectivity index (χ1v) is 9.21. The standard InChI is InChI=1S/C23H18N4O3/c1-14(28)26-17-3-5-18(6-4-17)27-13-20(23(24)30)22(29)19-7-2-16(12-21(19)27)15-8-10-25-11-9-15/h2-13H,1H3,(H2,24,30)(H,26,28). The lowest BCUT2D eigenvalue weighted by Crippen LogP contribution is -2.23. The fraction of sp³-hybridized carbons (Fsp3) is 0.0435. The number of nitrogens with one attached hydrogen (secondary N) is 1. The molecule has 0 aliphatic heterocycles. The van der Waals surface area contributed by atoms with Crippen molar-refractivity contribution in [3.63, 3.8) is 0 Å². The highest BCUT2D eigenvalue weighted by molar-refractivity contribution is 5.97. The number of benzene rings is 2. The van der Waals surface area contributed by atoms with Gasteiger partial charge < -0.3 is 15.6 Å². The van der Waals surface area contributed by atoms with Crippen molar-refractivity contribution in [2.45, 2.75) is 6.92 Å². The van der Waals surface area contributed by atoms with E-state index < -0.39 is 11.3 Å². The molecule has 0 saturated heterocycles. The third kappa shape index (κ3) is 3.56.